The highest BCUT2D eigenvalue weighted by molar-refractivity contribution is 7.98. The Hall–Kier alpha value is -3.30. The number of halogens is 1. The molecule has 8 nitrogen and oxygen atoms in total. The molecule has 1 N–H and O–H groups in total. The number of nitrogens with zero attached hydrogens (tertiary/aromatic N) is 6. The highest BCUT2D eigenvalue weighted by Crippen LogP contribution is 2.25. The minimum absolute atomic E-state index is 0.245. The standard InChI is InChI=1S/C21H18ClN7OS/c1-14-3-4-16(11-17(14)22)29-18(13-31-21-24-7-2-8-25-21)19(27-28-29)20(30)26-12-15-5-9-23-10-6-15/h2-11H,12-13H2,1H3,(H,26,30). The highest BCUT2D eigenvalue weighted by atomic mass is 35.5. The number of rotatable bonds is 7. The minimum Gasteiger partial charge on any atom is -0.347 e. The second kappa shape index (κ2) is 9.67. The summed E-state index contributed by atoms with van der Waals surface area (Å²) in [5.41, 5.74) is 3.49. The Labute approximate surface area is 188 Å². The lowest BCUT2D eigenvalue weighted by Gasteiger charge is -2.09. The highest BCUT2D eigenvalue weighted by Gasteiger charge is 2.21. The lowest BCUT2D eigenvalue weighted by Crippen LogP contribution is -2.24. The van der Waals surface area contributed by atoms with Gasteiger partial charge >= 0.3 is 0 Å². The molecule has 4 rings (SSSR count). The van der Waals surface area contributed by atoms with E-state index in [9.17, 15) is 4.79 Å². The van der Waals surface area contributed by atoms with Crippen molar-refractivity contribution in [2.45, 2.75) is 24.4 Å². The quantitative estimate of drug-likeness (QED) is 0.338. The summed E-state index contributed by atoms with van der Waals surface area (Å²) in [4.78, 5) is 25.4. The Kier molecular flexibility index (Phi) is 6.54. The van der Waals surface area contributed by atoms with Crippen LogP contribution in [0.4, 0.5) is 0 Å². The molecule has 0 bridgehead atoms. The van der Waals surface area contributed by atoms with Crippen molar-refractivity contribution in [2.75, 3.05) is 0 Å². The lowest BCUT2D eigenvalue weighted by atomic mass is 10.2. The lowest BCUT2D eigenvalue weighted by molar-refractivity contribution is 0.0945. The van der Waals surface area contributed by atoms with Crippen LogP contribution in [0.2, 0.25) is 5.02 Å². The van der Waals surface area contributed by atoms with E-state index in [1.807, 2.05) is 31.2 Å². The molecule has 10 heteroatoms. The molecule has 3 heterocycles. The first kappa shape index (κ1) is 21.0. The van der Waals surface area contributed by atoms with Crippen molar-refractivity contribution >= 4 is 29.3 Å². The molecule has 31 heavy (non-hydrogen) atoms. The summed E-state index contributed by atoms with van der Waals surface area (Å²) < 4.78 is 1.63. The Balaban J connectivity index is 1.62. The van der Waals surface area contributed by atoms with E-state index in [1.165, 1.54) is 11.8 Å². The van der Waals surface area contributed by atoms with E-state index < -0.39 is 0 Å². The largest absolute Gasteiger partial charge is 0.347 e. The molecule has 0 saturated carbocycles. The molecular formula is C21H18ClN7OS. The number of hydrogen-bond donors (Lipinski definition) is 1. The smallest absolute Gasteiger partial charge is 0.274 e. The second-order valence-corrected chi connectivity index (χ2v) is 7.94. The summed E-state index contributed by atoms with van der Waals surface area (Å²) in [6.45, 7) is 2.29. The number of thioether (sulfide) groups is 1. The predicted octanol–water partition coefficient (Wildman–Crippen LogP) is 3.64. The van der Waals surface area contributed by atoms with Crippen molar-refractivity contribution in [2.24, 2.45) is 0 Å². The Morgan fingerprint density at radius 1 is 1.13 bits per heavy atom. The molecule has 0 aliphatic rings. The minimum atomic E-state index is -0.314. The van der Waals surface area contributed by atoms with Crippen LogP contribution in [0.3, 0.4) is 0 Å². The van der Waals surface area contributed by atoms with E-state index in [4.69, 9.17) is 11.6 Å². The Bertz CT molecular complexity index is 1190. The van der Waals surface area contributed by atoms with Crippen LogP contribution in [-0.4, -0.2) is 35.9 Å². The summed E-state index contributed by atoms with van der Waals surface area (Å²) in [7, 11) is 0. The summed E-state index contributed by atoms with van der Waals surface area (Å²) in [6.07, 6.45) is 6.71. The van der Waals surface area contributed by atoms with Gasteiger partial charge < -0.3 is 5.32 Å². The molecule has 0 spiro atoms. The molecule has 0 aliphatic heterocycles. The molecule has 0 saturated heterocycles. The molecule has 1 amide bonds. The Morgan fingerprint density at radius 3 is 2.65 bits per heavy atom. The van der Waals surface area contributed by atoms with Gasteiger partial charge in [-0.3, -0.25) is 9.78 Å². The third-order valence-corrected chi connectivity index (χ3v) is 5.75. The van der Waals surface area contributed by atoms with E-state index in [0.29, 0.717) is 28.2 Å². The number of amides is 1. The average Bonchev–Trinajstić information content (AvgIpc) is 3.23. The number of carbonyl (C=O) groups excluding carboxylic acids is 1. The second-order valence-electron chi connectivity index (χ2n) is 6.59. The van der Waals surface area contributed by atoms with Crippen molar-refractivity contribution < 1.29 is 4.79 Å². The zero-order valence-corrected chi connectivity index (χ0v) is 18.1. The van der Waals surface area contributed by atoms with Gasteiger partial charge in [-0.05, 0) is 48.4 Å². The van der Waals surface area contributed by atoms with Crippen LogP contribution in [0.15, 0.2) is 66.3 Å². The molecule has 0 radical (unpaired) electrons. The number of nitrogens with one attached hydrogen (secondary N) is 1. The molecule has 3 aromatic heterocycles. The summed E-state index contributed by atoms with van der Waals surface area (Å²) >= 11 is 7.70. The van der Waals surface area contributed by atoms with Gasteiger partial charge in [0.05, 0.1) is 11.4 Å². The summed E-state index contributed by atoms with van der Waals surface area (Å²) in [5.74, 6) is 0.0893. The number of benzene rings is 1. The molecule has 0 fully saturated rings. The van der Waals surface area contributed by atoms with Gasteiger partial charge in [0, 0.05) is 42.1 Å². The first-order valence-electron chi connectivity index (χ1n) is 9.40. The van der Waals surface area contributed by atoms with Crippen LogP contribution in [0, 0.1) is 6.92 Å². The van der Waals surface area contributed by atoms with Crippen molar-refractivity contribution in [1.29, 1.82) is 0 Å². The number of pyridine rings is 1. The predicted molar refractivity (Wildman–Crippen MR) is 118 cm³/mol. The number of aryl methyl sites for hydroxylation is 1. The fraction of sp³-hybridized carbons (Fsp3) is 0.143. The summed E-state index contributed by atoms with van der Waals surface area (Å²) in [5, 5.41) is 12.5. The van der Waals surface area contributed by atoms with Crippen LogP contribution < -0.4 is 5.32 Å². The topological polar surface area (TPSA) is 98.5 Å². The molecular weight excluding hydrogens is 434 g/mol. The van der Waals surface area contributed by atoms with Crippen LogP contribution in [0.1, 0.15) is 27.3 Å². The zero-order valence-electron chi connectivity index (χ0n) is 16.6. The van der Waals surface area contributed by atoms with Gasteiger partial charge in [0.2, 0.25) is 0 Å². The first-order chi connectivity index (χ1) is 15.1. The maximum atomic E-state index is 12.9. The Morgan fingerprint density at radius 2 is 1.90 bits per heavy atom. The van der Waals surface area contributed by atoms with E-state index in [1.54, 1.807) is 41.6 Å². The fourth-order valence-electron chi connectivity index (χ4n) is 2.79. The van der Waals surface area contributed by atoms with E-state index in [0.717, 1.165) is 16.8 Å². The van der Waals surface area contributed by atoms with Crippen molar-refractivity contribution in [3.8, 4) is 5.69 Å². The SMILES string of the molecule is Cc1ccc(-n2nnc(C(=O)NCc3ccncc3)c2CSc2ncccn2)cc1Cl. The number of aromatic nitrogens is 6. The summed E-state index contributed by atoms with van der Waals surface area (Å²) in [6, 6.07) is 11.0. The fourth-order valence-corrected chi connectivity index (χ4v) is 3.76. The molecule has 0 unspecified atom stereocenters. The van der Waals surface area contributed by atoms with Gasteiger partial charge in [-0.15, -0.1) is 5.10 Å². The van der Waals surface area contributed by atoms with Gasteiger partial charge in [-0.2, -0.15) is 0 Å². The van der Waals surface area contributed by atoms with E-state index >= 15 is 0 Å². The van der Waals surface area contributed by atoms with Gasteiger partial charge in [0.25, 0.3) is 5.91 Å². The van der Waals surface area contributed by atoms with Crippen molar-refractivity contribution in [1.82, 2.24) is 35.3 Å². The first-order valence-corrected chi connectivity index (χ1v) is 10.8. The number of carbonyl (C=O) groups is 1. The monoisotopic (exact) mass is 451 g/mol. The normalized spacial score (nSPS) is 10.8. The molecule has 0 atom stereocenters. The van der Waals surface area contributed by atoms with Crippen LogP contribution in [-0.2, 0) is 12.3 Å². The van der Waals surface area contributed by atoms with Crippen LogP contribution in [0.5, 0.6) is 0 Å². The van der Waals surface area contributed by atoms with Gasteiger partial charge in [-0.25, -0.2) is 14.6 Å². The van der Waals surface area contributed by atoms with Crippen LogP contribution in [0.25, 0.3) is 5.69 Å². The molecule has 4 aromatic rings. The van der Waals surface area contributed by atoms with E-state index in [-0.39, 0.29) is 11.6 Å². The maximum Gasteiger partial charge on any atom is 0.274 e. The van der Waals surface area contributed by atoms with Gasteiger partial charge in [0.1, 0.15) is 0 Å². The van der Waals surface area contributed by atoms with E-state index in [2.05, 4.69) is 30.6 Å². The zero-order chi connectivity index (χ0) is 21.6. The van der Waals surface area contributed by atoms with Crippen molar-refractivity contribution in [3.05, 3.63) is 88.7 Å². The molecule has 0 aliphatic carbocycles. The molecule has 1 aromatic carbocycles. The maximum absolute atomic E-state index is 12.9. The third kappa shape index (κ3) is 5.07. The number of hydrogen-bond acceptors (Lipinski definition) is 7. The third-order valence-electron chi connectivity index (χ3n) is 4.46. The van der Waals surface area contributed by atoms with Crippen molar-refractivity contribution in [3.63, 3.8) is 0 Å². The van der Waals surface area contributed by atoms with Gasteiger partial charge in [-0.1, -0.05) is 34.6 Å². The average molecular weight is 452 g/mol. The van der Waals surface area contributed by atoms with Crippen LogP contribution >= 0.6 is 23.4 Å². The van der Waals surface area contributed by atoms with Gasteiger partial charge in [0.15, 0.2) is 10.9 Å². The molecule has 156 valence electrons.